The molecule has 0 aliphatic heterocycles. The van der Waals surface area contributed by atoms with Crippen LogP contribution in [-0.4, -0.2) is 31.1 Å². The van der Waals surface area contributed by atoms with Crippen molar-refractivity contribution in [2.75, 3.05) is 16.2 Å². The highest BCUT2D eigenvalue weighted by molar-refractivity contribution is 7.94. The molecule has 7 nitrogen and oxygen atoms in total. The fourth-order valence-corrected chi connectivity index (χ4v) is 5.08. The van der Waals surface area contributed by atoms with Crippen LogP contribution in [0.4, 0.5) is 15.2 Å². The van der Waals surface area contributed by atoms with Crippen LogP contribution < -0.4 is 9.62 Å². The van der Waals surface area contributed by atoms with Gasteiger partial charge in [-0.2, -0.15) is 8.42 Å². The summed E-state index contributed by atoms with van der Waals surface area (Å²) >= 11 is 0.752. The molecule has 1 amide bonds. The molecule has 3 rings (SSSR count). The monoisotopic (exact) mass is 420 g/mol. The number of benzene rings is 2. The molecule has 0 spiro atoms. The van der Waals surface area contributed by atoms with Gasteiger partial charge in [0.15, 0.2) is 0 Å². The van der Waals surface area contributed by atoms with Gasteiger partial charge in [-0.05, 0) is 49.7 Å². The topological polar surface area (TPSA) is 92.3 Å². The van der Waals surface area contributed by atoms with Crippen molar-refractivity contribution in [2.24, 2.45) is 0 Å². The highest BCUT2D eigenvalue weighted by Crippen LogP contribution is 2.29. The van der Waals surface area contributed by atoms with Gasteiger partial charge in [0.1, 0.15) is 5.82 Å². The summed E-state index contributed by atoms with van der Waals surface area (Å²) in [6.45, 7) is 3.76. The second-order valence-electron chi connectivity index (χ2n) is 5.79. The van der Waals surface area contributed by atoms with Crippen molar-refractivity contribution in [3.05, 3.63) is 65.5 Å². The zero-order chi connectivity index (χ0) is 20.3. The van der Waals surface area contributed by atoms with Crippen LogP contribution >= 0.6 is 11.3 Å². The summed E-state index contributed by atoms with van der Waals surface area (Å²) in [7, 11) is -3.93. The standard InChI is InChI=1S/C18H17FN4O3S2/c1-3-23(15-7-5-4-6-12(15)2)28(25,26)18-22-21-17(27-18)20-16(24)13-8-10-14(19)11-9-13/h4-11H,3H2,1-2H3,(H,20,21,24). The smallest absolute Gasteiger partial charge is 0.293 e. The molecule has 0 unspecified atom stereocenters. The molecule has 0 bridgehead atoms. The van der Waals surface area contributed by atoms with Crippen molar-refractivity contribution in [1.29, 1.82) is 0 Å². The molecular weight excluding hydrogens is 403 g/mol. The maximum Gasteiger partial charge on any atom is 0.293 e. The summed E-state index contributed by atoms with van der Waals surface area (Å²) in [5, 5.41) is 10.0. The molecule has 1 heterocycles. The van der Waals surface area contributed by atoms with E-state index in [1.807, 2.05) is 19.1 Å². The molecule has 0 saturated carbocycles. The van der Waals surface area contributed by atoms with Gasteiger partial charge in [0.05, 0.1) is 5.69 Å². The van der Waals surface area contributed by atoms with Crippen molar-refractivity contribution in [2.45, 2.75) is 18.2 Å². The van der Waals surface area contributed by atoms with E-state index in [0.29, 0.717) is 5.69 Å². The summed E-state index contributed by atoms with van der Waals surface area (Å²) in [5.74, 6) is -0.997. The molecule has 2 aromatic carbocycles. The number of para-hydroxylation sites is 1. The largest absolute Gasteiger partial charge is 0.296 e. The van der Waals surface area contributed by atoms with Crippen molar-refractivity contribution in [3.8, 4) is 0 Å². The number of aromatic nitrogens is 2. The number of nitrogens with one attached hydrogen (secondary N) is 1. The number of anilines is 2. The molecule has 1 aromatic heterocycles. The van der Waals surface area contributed by atoms with Gasteiger partial charge in [0.25, 0.3) is 20.3 Å². The quantitative estimate of drug-likeness (QED) is 0.617. The number of hydrogen-bond acceptors (Lipinski definition) is 6. The van der Waals surface area contributed by atoms with E-state index in [1.54, 1.807) is 19.1 Å². The minimum atomic E-state index is -3.93. The third kappa shape index (κ3) is 4.02. The van der Waals surface area contributed by atoms with E-state index in [4.69, 9.17) is 0 Å². The van der Waals surface area contributed by atoms with Crippen molar-refractivity contribution < 1.29 is 17.6 Å². The van der Waals surface area contributed by atoms with Gasteiger partial charge in [0, 0.05) is 12.1 Å². The summed E-state index contributed by atoms with van der Waals surface area (Å²) < 4.78 is 40.0. The minimum Gasteiger partial charge on any atom is -0.296 e. The number of amides is 1. The van der Waals surface area contributed by atoms with Crippen molar-refractivity contribution in [3.63, 3.8) is 0 Å². The zero-order valence-electron chi connectivity index (χ0n) is 15.1. The third-order valence-corrected chi connectivity index (χ3v) is 6.99. The third-order valence-electron chi connectivity index (χ3n) is 3.92. The van der Waals surface area contributed by atoms with Crippen LogP contribution in [0.2, 0.25) is 0 Å². The van der Waals surface area contributed by atoms with Crippen LogP contribution in [0.3, 0.4) is 0 Å². The average Bonchev–Trinajstić information content (AvgIpc) is 3.13. The van der Waals surface area contributed by atoms with Crippen LogP contribution in [0.25, 0.3) is 0 Å². The lowest BCUT2D eigenvalue weighted by molar-refractivity contribution is 0.102. The van der Waals surface area contributed by atoms with Gasteiger partial charge >= 0.3 is 0 Å². The molecule has 0 aliphatic carbocycles. The van der Waals surface area contributed by atoms with E-state index < -0.39 is 21.7 Å². The van der Waals surface area contributed by atoms with Crippen LogP contribution in [0.15, 0.2) is 52.9 Å². The Morgan fingerprint density at radius 1 is 1.14 bits per heavy atom. The molecule has 0 fully saturated rings. The normalized spacial score (nSPS) is 11.2. The van der Waals surface area contributed by atoms with E-state index in [1.165, 1.54) is 16.4 Å². The maximum atomic E-state index is 13.0. The lowest BCUT2D eigenvalue weighted by Gasteiger charge is -2.22. The lowest BCUT2D eigenvalue weighted by Crippen LogP contribution is -2.31. The highest BCUT2D eigenvalue weighted by Gasteiger charge is 2.29. The van der Waals surface area contributed by atoms with Crippen LogP contribution in [0.1, 0.15) is 22.8 Å². The van der Waals surface area contributed by atoms with E-state index in [9.17, 15) is 17.6 Å². The number of sulfonamides is 1. The average molecular weight is 420 g/mol. The fourth-order valence-electron chi connectivity index (χ4n) is 2.54. The van der Waals surface area contributed by atoms with Gasteiger partial charge in [-0.1, -0.05) is 29.5 Å². The van der Waals surface area contributed by atoms with Crippen molar-refractivity contribution >= 4 is 38.1 Å². The number of aryl methyl sites for hydroxylation is 1. The molecule has 28 heavy (non-hydrogen) atoms. The minimum absolute atomic E-state index is 0.0359. The molecule has 10 heteroatoms. The predicted molar refractivity (Wildman–Crippen MR) is 106 cm³/mol. The van der Waals surface area contributed by atoms with Crippen LogP contribution in [0.5, 0.6) is 0 Å². The molecule has 0 aliphatic rings. The Hall–Kier alpha value is -2.85. The molecule has 3 aromatic rings. The van der Waals surface area contributed by atoms with Gasteiger partial charge in [-0.3, -0.25) is 14.4 Å². The molecule has 0 atom stereocenters. The first kappa shape index (κ1) is 19.9. The number of hydrogen-bond donors (Lipinski definition) is 1. The summed E-state index contributed by atoms with van der Waals surface area (Å²) in [5.41, 5.74) is 1.58. The first-order valence-electron chi connectivity index (χ1n) is 8.31. The Labute approximate surface area is 165 Å². The molecule has 0 radical (unpaired) electrons. The molecule has 0 saturated heterocycles. The maximum absolute atomic E-state index is 13.0. The van der Waals surface area contributed by atoms with Crippen LogP contribution in [0, 0.1) is 12.7 Å². The first-order valence-corrected chi connectivity index (χ1v) is 10.6. The van der Waals surface area contributed by atoms with Crippen molar-refractivity contribution in [1.82, 2.24) is 10.2 Å². The number of nitrogens with zero attached hydrogens (tertiary/aromatic N) is 3. The highest BCUT2D eigenvalue weighted by atomic mass is 32.2. The van der Waals surface area contributed by atoms with E-state index in [2.05, 4.69) is 15.5 Å². The Morgan fingerprint density at radius 3 is 2.46 bits per heavy atom. The van der Waals surface area contributed by atoms with E-state index in [0.717, 1.165) is 29.0 Å². The number of rotatable bonds is 6. The van der Waals surface area contributed by atoms with E-state index in [-0.39, 0.29) is 21.6 Å². The van der Waals surface area contributed by atoms with Gasteiger partial charge in [-0.15, -0.1) is 10.2 Å². The number of carbonyl (C=O) groups excluding carboxylic acids is 1. The lowest BCUT2D eigenvalue weighted by atomic mass is 10.2. The summed E-state index contributed by atoms with van der Waals surface area (Å²) in [6.07, 6.45) is 0. The Bertz CT molecular complexity index is 1100. The van der Waals surface area contributed by atoms with Gasteiger partial charge in [-0.25, -0.2) is 4.39 Å². The fraction of sp³-hybridized carbons (Fsp3) is 0.167. The Kier molecular flexibility index (Phi) is 5.71. The van der Waals surface area contributed by atoms with E-state index >= 15 is 0 Å². The Balaban J connectivity index is 1.84. The summed E-state index contributed by atoms with van der Waals surface area (Å²) in [4.78, 5) is 12.2. The van der Waals surface area contributed by atoms with Crippen LogP contribution in [-0.2, 0) is 10.0 Å². The second-order valence-corrected chi connectivity index (χ2v) is 8.80. The SMILES string of the molecule is CCN(c1ccccc1C)S(=O)(=O)c1nnc(NC(=O)c2ccc(F)cc2)s1. The first-order chi connectivity index (χ1) is 13.3. The predicted octanol–water partition coefficient (Wildman–Crippen LogP) is 3.45. The van der Waals surface area contributed by atoms with Gasteiger partial charge in [0.2, 0.25) is 5.13 Å². The number of halogens is 1. The molecular formula is C18H17FN4O3S2. The molecule has 146 valence electrons. The molecule has 1 N–H and O–H groups in total. The Morgan fingerprint density at radius 2 is 1.82 bits per heavy atom. The summed E-state index contributed by atoms with van der Waals surface area (Å²) in [6, 6.07) is 12.1. The van der Waals surface area contributed by atoms with Gasteiger partial charge < -0.3 is 0 Å². The second kappa shape index (κ2) is 8.03. The zero-order valence-corrected chi connectivity index (χ0v) is 16.7. The number of carbonyl (C=O) groups is 1.